The number of hydrogen-bond donors (Lipinski definition) is 0. The van der Waals surface area contributed by atoms with Crippen LogP contribution in [-0.4, -0.2) is 63.1 Å². The minimum Gasteiger partial charge on any atom is -0.339 e. The minimum absolute atomic E-state index is 0.0345. The van der Waals surface area contributed by atoms with Gasteiger partial charge in [0.1, 0.15) is 5.82 Å². The van der Waals surface area contributed by atoms with Gasteiger partial charge in [0.05, 0.1) is 11.4 Å². The van der Waals surface area contributed by atoms with Crippen molar-refractivity contribution in [3.05, 3.63) is 42.5 Å². The maximum atomic E-state index is 13.5. The summed E-state index contributed by atoms with van der Waals surface area (Å²) in [6.45, 7) is 2.39. The Bertz CT molecular complexity index is 844. The highest BCUT2D eigenvalue weighted by Gasteiger charge is 2.35. The molecule has 0 N–H and O–H groups in total. The standard InChI is InChI=1S/C19H21FN4O2S/c20-15-2-1-3-16(12-15)24-7-6-21-19(24)27-13-17(25)22-8-10-23(11-9-22)18(26)14-4-5-14/h1-3,6-7,12,14H,4-5,8-11,13H2. The lowest BCUT2D eigenvalue weighted by molar-refractivity contribution is -0.139. The van der Waals surface area contributed by atoms with Crippen molar-refractivity contribution in [3.63, 3.8) is 0 Å². The van der Waals surface area contributed by atoms with E-state index < -0.39 is 0 Å². The number of amides is 2. The maximum absolute atomic E-state index is 13.5. The summed E-state index contributed by atoms with van der Waals surface area (Å²) in [4.78, 5) is 32.6. The van der Waals surface area contributed by atoms with E-state index in [1.54, 1.807) is 34.0 Å². The van der Waals surface area contributed by atoms with Gasteiger partial charge in [-0.3, -0.25) is 14.2 Å². The molecule has 8 heteroatoms. The summed E-state index contributed by atoms with van der Waals surface area (Å²) in [5, 5.41) is 0.650. The minimum atomic E-state index is -0.313. The second-order valence-corrected chi connectivity index (χ2v) is 7.77. The predicted octanol–water partition coefficient (Wildman–Crippen LogP) is 2.18. The highest BCUT2D eigenvalue weighted by Crippen LogP contribution is 2.31. The Hall–Kier alpha value is -2.35. The van der Waals surface area contributed by atoms with Crippen LogP contribution in [0.15, 0.2) is 41.8 Å². The molecule has 4 rings (SSSR count). The smallest absolute Gasteiger partial charge is 0.233 e. The predicted molar refractivity (Wildman–Crippen MR) is 100 cm³/mol. The lowest BCUT2D eigenvalue weighted by atomic mass is 10.2. The summed E-state index contributed by atoms with van der Waals surface area (Å²) in [6.07, 6.45) is 5.41. The largest absolute Gasteiger partial charge is 0.339 e. The molecule has 0 spiro atoms. The van der Waals surface area contributed by atoms with E-state index in [-0.39, 0.29) is 29.3 Å². The first-order chi connectivity index (χ1) is 13.1. The summed E-state index contributed by atoms with van der Waals surface area (Å²) in [5.74, 6) is 0.459. The van der Waals surface area contributed by atoms with Gasteiger partial charge < -0.3 is 9.80 Å². The van der Waals surface area contributed by atoms with Crippen LogP contribution in [0.2, 0.25) is 0 Å². The fraction of sp³-hybridized carbons (Fsp3) is 0.421. The molecule has 142 valence electrons. The SMILES string of the molecule is O=C(CSc1nccn1-c1cccc(F)c1)N1CCN(C(=O)C2CC2)CC1. The van der Waals surface area contributed by atoms with Gasteiger partial charge >= 0.3 is 0 Å². The average molecular weight is 388 g/mol. The molecule has 27 heavy (non-hydrogen) atoms. The molecule has 0 radical (unpaired) electrons. The second-order valence-electron chi connectivity index (χ2n) is 6.83. The molecule has 1 aliphatic carbocycles. The van der Waals surface area contributed by atoms with Crippen LogP contribution in [-0.2, 0) is 9.59 Å². The highest BCUT2D eigenvalue weighted by molar-refractivity contribution is 7.99. The molecule has 2 aliphatic rings. The van der Waals surface area contributed by atoms with Crippen molar-refractivity contribution in [1.29, 1.82) is 0 Å². The van der Waals surface area contributed by atoms with E-state index in [0.29, 0.717) is 37.0 Å². The first kappa shape index (κ1) is 18.0. The lowest BCUT2D eigenvalue weighted by Crippen LogP contribution is -2.51. The van der Waals surface area contributed by atoms with E-state index in [2.05, 4.69) is 4.98 Å². The van der Waals surface area contributed by atoms with Crippen LogP contribution in [0, 0.1) is 11.7 Å². The molecule has 1 aliphatic heterocycles. The maximum Gasteiger partial charge on any atom is 0.233 e. The van der Waals surface area contributed by atoms with E-state index in [9.17, 15) is 14.0 Å². The van der Waals surface area contributed by atoms with Gasteiger partial charge in [0.2, 0.25) is 11.8 Å². The van der Waals surface area contributed by atoms with E-state index in [1.807, 2.05) is 4.90 Å². The van der Waals surface area contributed by atoms with E-state index in [0.717, 1.165) is 12.8 Å². The number of rotatable bonds is 5. The molecule has 2 amide bonds. The number of carbonyl (C=O) groups excluding carboxylic acids is 2. The number of hydrogen-bond acceptors (Lipinski definition) is 4. The summed E-state index contributed by atoms with van der Waals surface area (Å²) in [6, 6.07) is 6.27. The van der Waals surface area contributed by atoms with Crippen LogP contribution >= 0.6 is 11.8 Å². The molecule has 1 saturated carbocycles. The quantitative estimate of drug-likeness (QED) is 0.737. The van der Waals surface area contributed by atoms with E-state index >= 15 is 0 Å². The van der Waals surface area contributed by atoms with Gasteiger partial charge in [0.25, 0.3) is 0 Å². The third-order valence-corrected chi connectivity index (χ3v) is 5.84. The molecule has 0 atom stereocenters. The Morgan fingerprint density at radius 1 is 1.15 bits per heavy atom. The number of carbonyl (C=O) groups is 2. The zero-order chi connectivity index (χ0) is 18.8. The number of thioether (sulfide) groups is 1. The van der Waals surface area contributed by atoms with Gasteiger partial charge in [-0.15, -0.1) is 0 Å². The van der Waals surface area contributed by atoms with Gasteiger partial charge in [-0.2, -0.15) is 0 Å². The average Bonchev–Trinajstić information content (AvgIpc) is 3.43. The second kappa shape index (κ2) is 7.72. The Kier molecular flexibility index (Phi) is 5.15. The molecular formula is C19H21FN4O2S. The summed E-state index contributed by atoms with van der Waals surface area (Å²) in [7, 11) is 0. The first-order valence-corrected chi connectivity index (χ1v) is 10.1. The number of halogens is 1. The van der Waals surface area contributed by atoms with Crippen LogP contribution < -0.4 is 0 Å². The van der Waals surface area contributed by atoms with Crippen molar-refractivity contribution in [2.75, 3.05) is 31.9 Å². The lowest BCUT2D eigenvalue weighted by Gasteiger charge is -2.34. The molecule has 2 aromatic rings. The Morgan fingerprint density at radius 3 is 2.59 bits per heavy atom. The fourth-order valence-electron chi connectivity index (χ4n) is 3.20. The number of aromatic nitrogens is 2. The molecule has 1 saturated heterocycles. The molecular weight excluding hydrogens is 367 g/mol. The third kappa shape index (κ3) is 4.16. The summed E-state index contributed by atoms with van der Waals surface area (Å²) < 4.78 is 15.2. The van der Waals surface area contributed by atoms with Crippen LogP contribution in [0.1, 0.15) is 12.8 Å². The number of imidazole rings is 1. The van der Waals surface area contributed by atoms with Crippen molar-refractivity contribution >= 4 is 23.6 Å². The van der Waals surface area contributed by atoms with Crippen LogP contribution in [0.3, 0.4) is 0 Å². The van der Waals surface area contributed by atoms with Crippen molar-refractivity contribution in [2.24, 2.45) is 5.92 Å². The molecule has 6 nitrogen and oxygen atoms in total. The molecule has 1 aromatic heterocycles. The van der Waals surface area contributed by atoms with Gasteiger partial charge in [-0.1, -0.05) is 17.8 Å². The summed E-state index contributed by atoms with van der Waals surface area (Å²) >= 11 is 1.34. The van der Waals surface area contributed by atoms with Crippen molar-refractivity contribution < 1.29 is 14.0 Å². The van der Waals surface area contributed by atoms with Crippen LogP contribution in [0.5, 0.6) is 0 Å². The number of nitrogens with zero attached hydrogens (tertiary/aromatic N) is 4. The Balaban J connectivity index is 1.31. The Labute approximate surface area is 161 Å². The number of benzene rings is 1. The zero-order valence-electron chi connectivity index (χ0n) is 14.9. The van der Waals surface area contributed by atoms with Gasteiger partial charge in [0.15, 0.2) is 5.16 Å². The number of piperazine rings is 1. The molecule has 0 unspecified atom stereocenters. The summed E-state index contributed by atoms with van der Waals surface area (Å²) in [5.41, 5.74) is 0.676. The van der Waals surface area contributed by atoms with Crippen LogP contribution in [0.25, 0.3) is 5.69 Å². The molecule has 0 bridgehead atoms. The third-order valence-electron chi connectivity index (χ3n) is 4.89. The normalized spacial score (nSPS) is 17.2. The molecule has 2 heterocycles. The molecule has 2 fully saturated rings. The van der Waals surface area contributed by atoms with Crippen molar-refractivity contribution in [1.82, 2.24) is 19.4 Å². The van der Waals surface area contributed by atoms with Crippen molar-refractivity contribution in [3.8, 4) is 5.69 Å². The van der Waals surface area contributed by atoms with Gasteiger partial charge in [-0.25, -0.2) is 9.37 Å². The van der Waals surface area contributed by atoms with Gasteiger partial charge in [0, 0.05) is 44.5 Å². The van der Waals surface area contributed by atoms with Crippen molar-refractivity contribution in [2.45, 2.75) is 18.0 Å². The monoisotopic (exact) mass is 388 g/mol. The Morgan fingerprint density at radius 2 is 1.89 bits per heavy atom. The highest BCUT2D eigenvalue weighted by atomic mass is 32.2. The topological polar surface area (TPSA) is 58.4 Å². The molecule has 1 aromatic carbocycles. The first-order valence-electron chi connectivity index (χ1n) is 9.10. The van der Waals surface area contributed by atoms with Crippen LogP contribution in [0.4, 0.5) is 4.39 Å². The van der Waals surface area contributed by atoms with Gasteiger partial charge in [-0.05, 0) is 31.0 Å². The zero-order valence-corrected chi connectivity index (χ0v) is 15.7. The van der Waals surface area contributed by atoms with E-state index in [1.165, 1.54) is 23.9 Å². The fourth-order valence-corrected chi connectivity index (χ4v) is 4.08. The van der Waals surface area contributed by atoms with E-state index in [4.69, 9.17) is 0 Å².